The van der Waals surface area contributed by atoms with E-state index in [1.54, 1.807) is 74.5 Å². The highest BCUT2D eigenvalue weighted by molar-refractivity contribution is 7.80. The fourth-order valence-electron chi connectivity index (χ4n) is 5.31. The van der Waals surface area contributed by atoms with E-state index in [2.05, 4.69) is 28.6 Å². The molecule has 0 saturated carbocycles. The number of benzene rings is 3. The lowest BCUT2D eigenvalue weighted by molar-refractivity contribution is -0.143. The molecule has 3 aromatic rings. The topological polar surface area (TPSA) is 217 Å². The molecule has 0 heterocycles. The molecule has 5 amide bonds. The van der Waals surface area contributed by atoms with E-state index >= 15 is 0 Å². The van der Waals surface area contributed by atoms with E-state index in [1.165, 1.54) is 17.0 Å². The van der Waals surface area contributed by atoms with Gasteiger partial charge in [0.2, 0.25) is 23.6 Å². The van der Waals surface area contributed by atoms with Gasteiger partial charge in [0.1, 0.15) is 36.5 Å². The Bertz CT molecular complexity index is 1680. The van der Waals surface area contributed by atoms with E-state index in [-0.39, 0.29) is 43.9 Å². The van der Waals surface area contributed by atoms with Gasteiger partial charge in [0, 0.05) is 25.1 Å². The maximum absolute atomic E-state index is 14.1. The van der Waals surface area contributed by atoms with Crippen molar-refractivity contribution in [3.8, 4) is 5.75 Å². The highest BCUT2D eigenvalue weighted by Gasteiger charge is 2.36. The van der Waals surface area contributed by atoms with Gasteiger partial charge in [-0.25, -0.2) is 9.59 Å². The Labute approximate surface area is 313 Å². The molecule has 14 nitrogen and oxygen atoms in total. The van der Waals surface area contributed by atoms with E-state index in [1.807, 2.05) is 12.1 Å². The standard InChI is InChI=1S/C38H47N5O9S/c1-3-24(2)33(36(48)40-29(37(49)50)18-19-32(39)45)42-34(46)30(20-25-14-16-28(44)17-15-25)41-35(47)31(23-53)43(21-26-10-6-4-7-11-26)38(51)52-22-27-12-8-5-9-13-27/h4-17,24,29-31,33,44,53H,3,18-23H2,1-2H3,(H2,39,45)(H,40,48)(H,41,47)(H,42,46)(H,49,50)/t24-,29-,30-,31-,33-/m0/s1. The SMILES string of the molecule is CC[C@H](C)[C@H](NC(=O)[C@H](Cc1ccc(O)cc1)NC(=O)[C@H](CS)N(Cc1ccccc1)C(=O)OCc1ccccc1)C(=O)N[C@@H](CCC(N)=O)C(=O)O. The molecule has 0 spiro atoms. The lowest BCUT2D eigenvalue weighted by Gasteiger charge is -2.31. The minimum Gasteiger partial charge on any atom is -0.508 e. The third-order valence-electron chi connectivity index (χ3n) is 8.58. The molecule has 53 heavy (non-hydrogen) atoms. The Morgan fingerprint density at radius 3 is 1.92 bits per heavy atom. The number of ether oxygens (including phenoxy) is 1. The van der Waals surface area contributed by atoms with Crippen LogP contribution in [-0.4, -0.2) is 80.7 Å². The van der Waals surface area contributed by atoms with Crippen LogP contribution in [0.5, 0.6) is 5.75 Å². The minimum atomic E-state index is -1.45. The summed E-state index contributed by atoms with van der Waals surface area (Å²) in [5, 5.41) is 27.3. The van der Waals surface area contributed by atoms with Crippen molar-refractivity contribution in [2.75, 3.05) is 5.75 Å². The molecule has 0 aromatic heterocycles. The molecule has 0 unspecified atom stereocenters. The number of carbonyl (C=O) groups is 6. The quantitative estimate of drug-likeness (QED) is 0.0844. The van der Waals surface area contributed by atoms with Crippen molar-refractivity contribution in [1.29, 1.82) is 0 Å². The summed E-state index contributed by atoms with van der Waals surface area (Å²) in [6, 6.07) is 18.7. The van der Waals surface area contributed by atoms with Gasteiger partial charge in [0.25, 0.3) is 0 Å². The van der Waals surface area contributed by atoms with Crippen LogP contribution in [0, 0.1) is 5.92 Å². The van der Waals surface area contributed by atoms with Gasteiger partial charge in [-0.2, -0.15) is 12.6 Å². The largest absolute Gasteiger partial charge is 0.508 e. The van der Waals surface area contributed by atoms with E-state index in [4.69, 9.17) is 10.5 Å². The number of carboxylic acids is 1. The van der Waals surface area contributed by atoms with Crippen LogP contribution in [-0.2, 0) is 48.3 Å². The highest BCUT2D eigenvalue weighted by atomic mass is 32.1. The average molecular weight is 750 g/mol. The van der Waals surface area contributed by atoms with Crippen LogP contribution in [0.3, 0.4) is 0 Å². The Hall–Kier alpha value is -5.57. The first-order valence-electron chi connectivity index (χ1n) is 17.1. The number of aliphatic carboxylic acids is 1. The maximum atomic E-state index is 14.1. The number of carbonyl (C=O) groups excluding carboxylic acids is 5. The molecule has 0 aliphatic rings. The number of phenolic OH excluding ortho intramolecular Hbond substituents is 1. The second kappa shape index (κ2) is 21.1. The smallest absolute Gasteiger partial charge is 0.411 e. The number of nitrogens with zero attached hydrogens (tertiary/aromatic N) is 1. The van der Waals surface area contributed by atoms with Gasteiger partial charge in [-0.05, 0) is 41.2 Å². The molecule has 3 rings (SSSR count). The van der Waals surface area contributed by atoms with Crippen molar-refractivity contribution in [3.63, 3.8) is 0 Å². The molecular formula is C38H47N5O9S. The first-order valence-corrected chi connectivity index (χ1v) is 17.8. The zero-order valence-electron chi connectivity index (χ0n) is 29.6. The number of aromatic hydroxyl groups is 1. The predicted molar refractivity (Wildman–Crippen MR) is 199 cm³/mol. The summed E-state index contributed by atoms with van der Waals surface area (Å²) in [6.45, 7) is 3.40. The van der Waals surface area contributed by atoms with Gasteiger partial charge >= 0.3 is 12.1 Å². The summed E-state index contributed by atoms with van der Waals surface area (Å²) < 4.78 is 5.61. The van der Waals surface area contributed by atoms with Crippen LogP contribution >= 0.6 is 12.6 Å². The predicted octanol–water partition coefficient (Wildman–Crippen LogP) is 2.92. The zero-order valence-corrected chi connectivity index (χ0v) is 30.5. The first-order chi connectivity index (χ1) is 25.3. The van der Waals surface area contributed by atoms with E-state index in [9.17, 15) is 39.0 Å². The van der Waals surface area contributed by atoms with E-state index < -0.39 is 65.8 Å². The van der Waals surface area contributed by atoms with Crippen LogP contribution in [0.4, 0.5) is 4.79 Å². The van der Waals surface area contributed by atoms with E-state index in [0.717, 1.165) is 5.56 Å². The lowest BCUT2D eigenvalue weighted by Crippen LogP contribution is -2.60. The summed E-state index contributed by atoms with van der Waals surface area (Å²) >= 11 is 4.41. The lowest BCUT2D eigenvalue weighted by atomic mass is 9.96. The Morgan fingerprint density at radius 1 is 0.792 bits per heavy atom. The molecule has 0 aliphatic carbocycles. The first kappa shape index (κ1) is 41.8. The number of nitrogens with one attached hydrogen (secondary N) is 3. The van der Waals surface area contributed by atoms with Crippen LogP contribution in [0.1, 0.15) is 49.8 Å². The summed E-state index contributed by atoms with van der Waals surface area (Å²) in [7, 11) is 0. The zero-order chi connectivity index (χ0) is 38.9. The number of rotatable bonds is 20. The summed E-state index contributed by atoms with van der Waals surface area (Å²) in [6.07, 6.45) is -1.00. The molecule has 0 fully saturated rings. The number of thiol groups is 1. The number of primary amides is 1. The molecule has 0 radical (unpaired) electrons. The number of carboxylic acid groups (broad SMARTS) is 1. The molecular weight excluding hydrogens is 703 g/mol. The van der Waals surface area contributed by atoms with Crippen LogP contribution < -0.4 is 21.7 Å². The maximum Gasteiger partial charge on any atom is 0.411 e. The number of phenols is 1. The summed E-state index contributed by atoms with van der Waals surface area (Å²) in [5.41, 5.74) is 7.17. The molecule has 7 N–H and O–H groups in total. The molecule has 0 bridgehead atoms. The monoisotopic (exact) mass is 749 g/mol. The molecule has 15 heteroatoms. The van der Waals surface area contributed by atoms with E-state index in [0.29, 0.717) is 17.5 Å². The van der Waals surface area contributed by atoms with Crippen molar-refractivity contribution >= 4 is 48.3 Å². The van der Waals surface area contributed by atoms with Gasteiger partial charge in [-0.15, -0.1) is 0 Å². The fourth-order valence-corrected chi connectivity index (χ4v) is 5.68. The Morgan fingerprint density at radius 2 is 1.38 bits per heavy atom. The van der Waals surface area contributed by atoms with Crippen molar-refractivity contribution in [2.45, 2.75) is 76.8 Å². The van der Waals surface area contributed by atoms with Crippen molar-refractivity contribution in [3.05, 3.63) is 102 Å². The normalized spacial score (nSPS) is 13.6. The number of hydrogen-bond donors (Lipinski definition) is 7. The number of nitrogens with two attached hydrogens (primary N) is 1. The van der Waals surface area contributed by atoms with Crippen molar-refractivity contribution in [2.24, 2.45) is 11.7 Å². The van der Waals surface area contributed by atoms with Gasteiger partial charge in [0.05, 0.1) is 0 Å². The Kier molecular flexibility index (Phi) is 16.6. The van der Waals surface area contributed by atoms with Crippen LogP contribution in [0.2, 0.25) is 0 Å². The Balaban J connectivity index is 1.91. The molecule has 3 aromatic carbocycles. The molecule has 284 valence electrons. The average Bonchev–Trinajstić information content (AvgIpc) is 3.15. The van der Waals surface area contributed by atoms with Crippen molar-refractivity contribution in [1.82, 2.24) is 20.9 Å². The third-order valence-corrected chi connectivity index (χ3v) is 8.93. The highest BCUT2D eigenvalue weighted by Crippen LogP contribution is 2.17. The van der Waals surface area contributed by atoms with Gasteiger partial charge < -0.3 is 36.6 Å². The van der Waals surface area contributed by atoms with Crippen LogP contribution in [0.15, 0.2) is 84.9 Å². The fraction of sp³-hybridized carbons (Fsp3) is 0.368. The van der Waals surface area contributed by atoms with Crippen molar-refractivity contribution < 1.29 is 43.7 Å². The molecule has 5 atom stereocenters. The third kappa shape index (κ3) is 13.5. The van der Waals surface area contributed by atoms with Crippen LogP contribution in [0.25, 0.3) is 0 Å². The number of amides is 5. The van der Waals surface area contributed by atoms with Gasteiger partial charge in [-0.1, -0.05) is 93.1 Å². The van der Waals surface area contributed by atoms with Gasteiger partial charge in [0.15, 0.2) is 0 Å². The molecule has 0 saturated heterocycles. The summed E-state index contributed by atoms with van der Waals surface area (Å²) in [5.74, 6) is -5.07. The summed E-state index contributed by atoms with van der Waals surface area (Å²) in [4.78, 5) is 79.5. The second-order valence-electron chi connectivity index (χ2n) is 12.6. The second-order valence-corrected chi connectivity index (χ2v) is 12.9. The minimum absolute atomic E-state index is 0.0152. The number of hydrogen-bond acceptors (Lipinski definition) is 9. The van der Waals surface area contributed by atoms with Gasteiger partial charge in [-0.3, -0.25) is 24.1 Å². The molecule has 0 aliphatic heterocycles.